The number of para-hydroxylation sites is 1. The SMILES string of the molecule is Cc1cccc(C)c1NC(=O)c1cnc(Nc2ccc(N3CCN(C)CC3)cc2)nc1NC1CC1. The summed E-state index contributed by atoms with van der Waals surface area (Å²) in [4.78, 5) is 27.0. The van der Waals surface area contributed by atoms with Crippen molar-refractivity contribution in [2.45, 2.75) is 32.7 Å². The Morgan fingerprint density at radius 2 is 1.66 bits per heavy atom. The molecule has 182 valence electrons. The quantitative estimate of drug-likeness (QED) is 0.470. The van der Waals surface area contributed by atoms with Crippen molar-refractivity contribution >= 4 is 34.7 Å². The molecular formula is C27H33N7O. The van der Waals surface area contributed by atoms with Gasteiger partial charge in [-0.05, 0) is 69.1 Å². The summed E-state index contributed by atoms with van der Waals surface area (Å²) in [6.45, 7) is 8.21. The van der Waals surface area contributed by atoms with E-state index >= 15 is 0 Å². The summed E-state index contributed by atoms with van der Waals surface area (Å²) in [6.07, 6.45) is 3.76. The van der Waals surface area contributed by atoms with Gasteiger partial charge in [0.15, 0.2) is 0 Å². The fraction of sp³-hybridized carbons (Fsp3) is 0.370. The van der Waals surface area contributed by atoms with E-state index in [1.807, 2.05) is 44.2 Å². The molecule has 3 N–H and O–H groups in total. The first-order chi connectivity index (χ1) is 17.0. The predicted octanol–water partition coefficient (Wildman–Crippen LogP) is 4.42. The predicted molar refractivity (Wildman–Crippen MR) is 142 cm³/mol. The van der Waals surface area contributed by atoms with Crippen LogP contribution in [0.15, 0.2) is 48.7 Å². The standard InChI is InChI=1S/C27H33N7O/c1-18-5-4-6-19(2)24(18)31-26(35)23-17-28-27(32-25(23)29-20-7-8-20)30-21-9-11-22(12-10-21)34-15-13-33(3)14-16-34/h4-6,9-12,17,20H,7-8,13-16H2,1-3H3,(H,31,35)(H2,28,29,30,32). The monoisotopic (exact) mass is 471 g/mol. The van der Waals surface area contributed by atoms with Gasteiger partial charge in [-0.25, -0.2) is 4.98 Å². The topological polar surface area (TPSA) is 85.4 Å². The van der Waals surface area contributed by atoms with Gasteiger partial charge in [0.05, 0.1) is 0 Å². The number of hydrogen-bond acceptors (Lipinski definition) is 7. The van der Waals surface area contributed by atoms with Crippen LogP contribution in [0.3, 0.4) is 0 Å². The number of carbonyl (C=O) groups is 1. The average Bonchev–Trinajstić information content (AvgIpc) is 3.67. The van der Waals surface area contributed by atoms with Crippen molar-refractivity contribution in [2.75, 3.05) is 54.1 Å². The lowest BCUT2D eigenvalue weighted by Crippen LogP contribution is -2.44. The Bertz CT molecular complexity index is 1180. The Morgan fingerprint density at radius 1 is 0.971 bits per heavy atom. The van der Waals surface area contributed by atoms with Gasteiger partial charge in [-0.3, -0.25) is 4.79 Å². The molecule has 8 nitrogen and oxygen atoms in total. The van der Waals surface area contributed by atoms with Crippen LogP contribution in [0.2, 0.25) is 0 Å². The number of aryl methyl sites for hydroxylation is 2. The molecule has 1 aliphatic heterocycles. The number of nitrogens with one attached hydrogen (secondary N) is 3. The number of amides is 1. The fourth-order valence-corrected chi connectivity index (χ4v) is 4.28. The number of benzene rings is 2. The van der Waals surface area contributed by atoms with Crippen LogP contribution in [-0.2, 0) is 0 Å². The number of hydrogen-bond donors (Lipinski definition) is 3. The van der Waals surface area contributed by atoms with E-state index in [1.54, 1.807) is 6.20 Å². The highest BCUT2D eigenvalue weighted by Crippen LogP contribution is 2.28. The second kappa shape index (κ2) is 9.92. The smallest absolute Gasteiger partial charge is 0.261 e. The van der Waals surface area contributed by atoms with Gasteiger partial charge in [-0.15, -0.1) is 0 Å². The number of carbonyl (C=O) groups excluding carboxylic acids is 1. The molecule has 1 aromatic heterocycles. The van der Waals surface area contributed by atoms with Crippen molar-refractivity contribution < 1.29 is 4.79 Å². The summed E-state index contributed by atoms with van der Waals surface area (Å²) in [5, 5.41) is 9.74. The average molecular weight is 472 g/mol. The molecule has 1 amide bonds. The zero-order chi connectivity index (χ0) is 24.4. The van der Waals surface area contributed by atoms with E-state index in [-0.39, 0.29) is 5.91 Å². The molecule has 1 aliphatic carbocycles. The van der Waals surface area contributed by atoms with Crippen molar-refractivity contribution in [3.63, 3.8) is 0 Å². The zero-order valence-electron chi connectivity index (χ0n) is 20.6. The van der Waals surface area contributed by atoms with E-state index < -0.39 is 0 Å². The lowest BCUT2D eigenvalue weighted by Gasteiger charge is -2.34. The van der Waals surface area contributed by atoms with Gasteiger partial charge in [-0.1, -0.05) is 18.2 Å². The second-order valence-corrected chi connectivity index (χ2v) is 9.56. The number of nitrogens with zero attached hydrogens (tertiary/aromatic N) is 4. The van der Waals surface area contributed by atoms with Gasteiger partial charge in [0, 0.05) is 55.5 Å². The van der Waals surface area contributed by atoms with E-state index in [1.165, 1.54) is 5.69 Å². The van der Waals surface area contributed by atoms with Gasteiger partial charge >= 0.3 is 0 Å². The molecule has 1 saturated heterocycles. The number of piperazine rings is 1. The molecule has 0 radical (unpaired) electrons. The van der Waals surface area contributed by atoms with Crippen LogP contribution in [-0.4, -0.2) is 60.0 Å². The molecule has 0 atom stereocenters. The van der Waals surface area contributed by atoms with E-state index in [4.69, 9.17) is 0 Å². The third-order valence-corrected chi connectivity index (χ3v) is 6.66. The molecule has 2 fully saturated rings. The first kappa shape index (κ1) is 23.1. The van der Waals surface area contributed by atoms with Gasteiger partial charge in [0.1, 0.15) is 11.4 Å². The number of likely N-dealkylation sites (N-methyl/N-ethyl adjacent to an activating group) is 1. The summed E-state index contributed by atoms with van der Waals surface area (Å²) < 4.78 is 0. The molecule has 2 heterocycles. The molecule has 0 spiro atoms. The summed E-state index contributed by atoms with van der Waals surface area (Å²) >= 11 is 0. The van der Waals surface area contributed by atoms with Crippen molar-refractivity contribution in [1.29, 1.82) is 0 Å². The summed E-state index contributed by atoms with van der Waals surface area (Å²) in [6, 6.07) is 14.7. The second-order valence-electron chi connectivity index (χ2n) is 9.56. The number of anilines is 5. The maximum absolute atomic E-state index is 13.2. The Morgan fingerprint density at radius 3 is 2.31 bits per heavy atom. The largest absolute Gasteiger partial charge is 0.369 e. The number of rotatable bonds is 7. The van der Waals surface area contributed by atoms with E-state index in [9.17, 15) is 4.79 Å². The summed E-state index contributed by atoms with van der Waals surface area (Å²) in [7, 11) is 2.16. The molecule has 8 heteroatoms. The lowest BCUT2D eigenvalue weighted by molar-refractivity contribution is 0.102. The van der Waals surface area contributed by atoms with Crippen molar-refractivity contribution in [3.8, 4) is 0 Å². The Kier molecular flexibility index (Phi) is 6.55. The van der Waals surface area contributed by atoms with Crippen LogP contribution in [0.1, 0.15) is 34.3 Å². The van der Waals surface area contributed by atoms with Gasteiger partial charge in [0.25, 0.3) is 5.91 Å². The van der Waals surface area contributed by atoms with Crippen molar-refractivity contribution in [3.05, 3.63) is 65.4 Å². The van der Waals surface area contributed by atoms with Crippen LogP contribution in [0.4, 0.5) is 28.8 Å². The maximum atomic E-state index is 13.2. The van der Waals surface area contributed by atoms with Crippen LogP contribution in [0.25, 0.3) is 0 Å². The first-order valence-electron chi connectivity index (χ1n) is 12.3. The third-order valence-electron chi connectivity index (χ3n) is 6.66. The Balaban J connectivity index is 1.32. The van der Waals surface area contributed by atoms with Crippen molar-refractivity contribution in [1.82, 2.24) is 14.9 Å². The molecule has 0 unspecified atom stereocenters. The molecule has 1 saturated carbocycles. The fourth-order valence-electron chi connectivity index (χ4n) is 4.28. The first-order valence-corrected chi connectivity index (χ1v) is 12.3. The third kappa shape index (κ3) is 5.54. The van der Waals surface area contributed by atoms with E-state index in [0.29, 0.717) is 23.4 Å². The zero-order valence-corrected chi connectivity index (χ0v) is 20.6. The molecule has 2 aliphatic rings. The highest BCUT2D eigenvalue weighted by Gasteiger charge is 2.25. The van der Waals surface area contributed by atoms with Gasteiger partial charge in [0.2, 0.25) is 5.95 Å². The van der Waals surface area contributed by atoms with Crippen LogP contribution < -0.4 is 20.9 Å². The summed E-state index contributed by atoms with van der Waals surface area (Å²) in [5.74, 6) is 0.806. The Labute approximate surface area is 206 Å². The minimum atomic E-state index is -0.214. The molecule has 35 heavy (non-hydrogen) atoms. The minimum absolute atomic E-state index is 0.214. The van der Waals surface area contributed by atoms with Crippen LogP contribution in [0, 0.1) is 13.8 Å². The minimum Gasteiger partial charge on any atom is -0.369 e. The molecule has 0 bridgehead atoms. The van der Waals surface area contributed by atoms with Crippen LogP contribution >= 0.6 is 0 Å². The molecule has 2 aromatic carbocycles. The molecular weight excluding hydrogens is 438 g/mol. The number of aromatic nitrogens is 2. The molecule has 3 aromatic rings. The van der Waals surface area contributed by atoms with Crippen LogP contribution in [0.5, 0.6) is 0 Å². The van der Waals surface area contributed by atoms with E-state index in [0.717, 1.165) is 61.5 Å². The highest BCUT2D eigenvalue weighted by atomic mass is 16.1. The molecule has 5 rings (SSSR count). The van der Waals surface area contributed by atoms with E-state index in [2.05, 4.69) is 54.9 Å². The van der Waals surface area contributed by atoms with Gasteiger partial charge < -0.3 is 25.8 Å². The maximum Gasteiger partial charge on any atom is 0.261 e. The summed E-state index contributed by atoms with van der Waals surface area (Å²) in [5.41, 5.74) is 5.45. The Hall–Kier alpha value is -3.65. The van der Waals surface area contributed by atoms with Gasteiger partial charge in [-0.2, -0.15) is 4.98 Å². The lowest BCUT2D eigenvalue weighted by atomic mass is 10.1. The normalized spacial score (nSPS) is 16.1. The van der Waals surface area contributed by atoms with Crippen molar-refractivity contribution in [2.24, 2.45) is 0 Å². The highest BCUT2D eigenvalue weighted by molar-refractivity contribution is 6.08.